The molecule has 0 aliphatic carbocycles. The van der Waals surface area contributed by atoms with Gasteiger partial charge in [-0.3, -0.25) is 9.69 Å². The predicted molar refractivity (Wildman–Crippen MR) is 91.8 cm³/mol. The minimum Gasteiger partial charge on any atom is -0.470 e. The highest BCUT2D eigenvalue weighted by atomic mass is 32.1. The molecule has 2 aliphatic rings. The van der Waals surface area contributed by atoms with E-state index in [1.54, 1.807) is 6.20 Å². The standard InChI is InChI=1S/C17H27N3O2S/c21-16(20-9-3-1-2-4-10-20)13-19-8-5-6-15(12-19)14-22-17-18-7-11-23-17/h7,11,15H,1-6,8-10,12-14H2. The maximum absolute atomic E-state index is 12.5. The van der Waals surface area contributed by atoms with Gasteiger partial charge in [0, 0.05) is 37.1 Å². The molecule has 2 aliphatic heterocycles. The normalized spacial score (nSPS) is 23.5. The van der Waals surface area contributed by atoms with Crippen LogP contribution >= 0.6 is 11.3 Å². The van der Waals surface area contributed by atoms with Gasteiger partial charge in [0.1, 0.15) is 0 Å². The molecule has 0 spiro atoms. The predicted octanol–water partition coefficient (Wildman–Crippen LogP) is 2.64. The van der Waals surface area contributed by atoms with Gasteiger partial charge in [0.05, 0.1) is 13.2 Å². The van der Waals surface area contributed by atoms with E-state index in [2.05, 4.69) is 14.8 Å². The number of rotatable bonds is 5. The Morgan fingerprint density at radius 2 is 2.04 bits per heavy atom. The Labute approximate surface area is 142 Å². The third-order valence-corrected chi connectivity index (χ3v) is 5.46. The fourth-order valence-corrected chi connectivity index (χ4v) is 4.01. The first kappa shape index (κ1) is 16.7. The number of ether oxygens (including phenoxy) is 1. The van der Waals surface area contributed by atoms with Crippen LogP contribution in [0, 0.1) is 5.92 Å². The van der Waals surface area contributed by atoms with Gasteiger partial charge >= 0.3 is 0 Å². The molecule has 6 heteroatoms. The van der Waals surface area contributed by atoms with E-state index in [1.165, 1.54) is 30.6 Å². The molecule has 2 saturated heterocycles. The Hall–Kier alpha value is -1.14. The minimum absolute atomic E-state index is 0.313. The maximum Gasteiger partial charge on any atom is 0.273 e. The van der Waals surface area contributed by atoms with Gasteiger partial charge < -0.3 is 9.64 Å². The van der Waals surface area contributed by atoms with Crippen LogP contribution < -0.4 is 4.74 Å². The number of amides is 1. The molecular weight excluding hydrogens is 310 g/mol. The quantitative estimate of drug-likeness (QED) is 0.829. The number of nitrogens with zero attached hydrogens (tertiary/aromatic N) is 3. The first-order valence-corrected chi connectivity index (χ1v) is 9.71. The lowest BCUT2D eigenvalue weighted by atomic mass is 9.99. The van der Waals surface area contributed by atoms with E-state index in [4.69, 9.17) is 4.74 Å². The number of aromatic nitrogens is 1. The van der Waals surface area contributed by atoms with Crippen molar-refractivity contribution in [2.75, 3.05) is 39.3 Å². The SMILES string of the molecule is O=C(CN1CCCC(COc2nccs2)C1)N1CCCCCC1. The molecule has 0 saturated carbocycles. The Bertz CT molecular complexity index is 472. The van der Waals surface area contributed by atoms with Gasteiger partial charge in [-0.1, -0.05) is 24.2 Å². The number of likely N-dealkylation sites (tertiary alicyclic amines) is 2. The smallest absolute Gasteiger partial charge is 0.273 e. The summed E-state index contributed by atoms with van der Waals surface area (Å²) in [4.78, 5) is 21.1. The van der Waals surface area contributed by atoms with Crippen LogP contribution in [0.2, 0.25) is 0 Å². The zero-order valence-electron chi connectivity index (χ0n) is 13.8. The van der Waals surface area contributed by atoms with Gasteiger partial charge in [-0.15, -0.1) is 0 Å². The van der Waals surface area contributed by atoms with Gasteiger partial charge in [-0.05, 0) is 32.2 Å². The molecule has 0 bridgehead atoms. The second-order valence-corrected chi connectivity index (χ2v) is 7.50. The molecule has 1 aromatic rings. The van der Waals surface area contributed by atoms with Gasteiger partial charge in [0.2, 0.25) is 5.91 Å². The van der Waals surface area contributed by atoms with Crippen molar-refractivity contribution in [2.24, 2.45) is 5.92 Å². The highest BCUT2D eigenvalue weighted by Gasteiger charge is 2.24. The average molecular weight is 337 g/mol. The van der Waals surface area contributed by atoms with Crippen molar-refractivity contribution >= 4 is 17.2 Å². The fourth-order valence-electron chi connectivity index (χ4n) is 3.51. The lowest BCUT2D eigenvalue weighted by Crippen LogP contribution is -2.45. The van der Waals surface area contributed by atoms with E-state index in [9.17, 15) is 4.79 Å². The summed E-state index contributed by atoms with van der Waals surface area (Å²) in [5.41, 5.74) is 0. The summed E-state index contributed by atoms with van der Waals surface area (Å²) in [5, 5.41) is 2.69. The van der Waals surface area contributed by atoms with Crippen LogP contribution in [0.1, 0.15) is 38.5 Å². The summed E-state index contributed by atoms with van der Waals surface area (Å²) in [7, 11) is 0. The van der Waals surface area contributed by atoms with E-state index in [0.717, 1.165) is 50.6 Å². The van der Waals surface area contributed by atoms with Crippen molar-refractivity contribution in [3.63, 3.8) is 0 Å². The van der Waals surface area contributed by atoms with E-state index >= 15 is 0 Å². The highest BCUT2D eigenvalue weighted by molar-refractivity contribution is 7.11. The number of thiazole rings is 1. The molecule has 128 valence electrons. The van der Waals surface area contributed by atoms with Crippen molar-refractivity contribution < 1.29 is 9.53 Å². The Kier molecular flexibility index (Phi) is 6.28. The molecule has 0 N–H and O–H groups in total. The third-order valence-electron chi connectivity index (χ3n) is 4.77. The van der Waals surface area contributed by atoms with Gasteiger partial charge in [0.25, 0.3) is 5.19 Å². The second-order valence-electron chi connectivity index (χ2n) is 6.65. The summed E-state index contributed by atoms with van der Waals surface area (Å²) in [5.74, 6) is 0.818. The van der Waals surface area contributed by atoms with Crippen LogP contribution in [0.3, 0.4) is 0 Å². The number of hydrogen-bond acceptors (Lipinski definition) is 5. The largest absolute Gasteiger partial charge is 0.470 e. The molecule has 1 aromatic heterocycles. The molecule has 0 radical (unpaired) electrons. The monoisotopic (exact) mass is 337 g/mol. The Morgan fingerprint density at radius 3 is 2.78 bits per heavy atom. The molecular formula is C17H27N3O2S. The summed E-state index contributed by atoms with van der Waals surface area (Å²) >= 11 is 1.54. The third kappa shape index (κ3) is 5.18. The first-order valence-electron chi connectivity index (χ1n) is 8.83. The summed E-state index contributed by atoms with van der Waals surface area (Å²) in [6.07, 6.45) is 8.96. The van der Waals surface area contributed by atoms with Gasteiger partial charge in [-0.2, -0.15) is 0 Å². The number of carbonyl (C=O) groups is 1. The van der Waals surface area contributed by atoms with Crippen LogP contribution in [0.15, 0.2) is 11.6 Å². The molecule has 1 amide bonds. The van der Waals surface area contributed by atoms with Crippen LogP contribution in [0.5, 0.6) is 5.19 Å². The zero-order valence-corrected chi connectivity index (χ0v) is 14.6. The van der Waals surface area contributed by atoms with Gasteiger partial charge in [0.15, 0.2) is 0 Å². The van der Waals surface area contributed by atoms with Crippen LogP contribution in [0.25, 0.3) is 0 Å². The number of hydrogen-bond donors (Lipinski definition) is 0. The average Bonchev–Trinajstić information content (AvgIpc) is 2.93. The van der Waals surface area contributed by atoms with Crippen molar-refractivity contribution in [3.8, 4) is 5.19 Å². The number of piperidine rings is 1. The Balaban J connectivity index is 1.43. The van der Waals surface area contributed by atoms with Crippen molar-refractivity contribution in [1.82, 2.24) is 14.8 Å². The minimum atomic E-state index is 0.313. The van der Waals surface area contributed by atoms with Crippen LogP contribution in [-0.4, -0.2) is 60.0 Å². The Morgan fingerprint density at radius 1 is 1.22 bits per heavy atom. The zero-order chi connectivity index (χ0) is 15.9. The lowest BCUT2D eigenvalue weighted by molar-refractivity contribution is -0.132. The first-order chi connectivity index (χ1) is 11.3. The van der Waals surface area contributed by atoms with E-state index < -0.39 is 0 Å². The van der Waals surface area contributed by atoms with E-state index in [-0.39, 0.29) is 0 Å². The van der Waals surface area contributed by atoms with Gasteiger partial charge in [-0.25, -0.2) is 4.98 Å². The molecule has 3 rings (SSSR count). The molecule has 5 nitrogen and oxygen atoms in total. The van der Waals surface area contributed by atoms with Crippen molar-refractivity contribution in [2.45, 2.75) is 38.5 Å². The fraction of sp³-hybridized carbons (Fsp3) is 0.765. The maximum atomic E-state index is 12.5. The molecule has 1 atom stereocenters. The van der Waals surface area contributed by atoms with Crippen molar-refractivity contribution in [1.29, 1.82) is 0 Å². The lowest BCUT2D eigenvalue weighted by Gasteiger charge is -2.33. The summed E-state index contributed by atoms with van der Waals surface area (Å²) in [6, 6.07) is 0. The topological polar surface area (TPSA) is 45.7 Å². The van der Waals surface area contributed by atoms with Crippen LogP contribution in [0.4, 0.5) is 0 Å². The molecule has 0 aromatic carbocycles. The van der Waals surface area contributed by atoms with Crippen molar-refractivity contribution in [3.05, 3.63) is 11.6 Å². The summed E-state index contributed by atoms with van der Waals surface area (Å²) < 4.78 is 5.76. The highest BCUT2D eigenvalue weighted by Crippen LogP contribution is 2.20. The van der Waals surface area contributed by atoms with E-state index in [1.807, 2.05) is 5.38 Å². The van der Waals surface area contributed by atoms with E-state index in [0.29, 0.717) is 25.0 Å². The molecule has 23 heavy (non-hydrogen) atoms. The second kappa shape index (κ2) is 8.64. The summed E-state index contributed by atoms with van der Waals surface area (Å²) in [6.45, 7) is 5.18. The molecule has 2 fully saturated rings. The van der Waals surface area contributed by atoms with Crippen LogP contribution in [-0.2, 0) is 4.79 Å². The molecule has 1 unspecified atom stereocenters. The number of carbonyl (C=O) groups excluding carboxylic acids is 1. The molecule has 3 heterocycles.